The molecule has 1 aromatic rings. The van der Waals surface area contributed by atoms with Gasteiger partial charge in [0, 0.05) is 16.2 Å². The number of nitrogens with zero attached hydrogens (tertiary/aromatic N) is 1. The molecule has 1 N–H and O–H groups in total. The Balaban J connectivity index is 1.68. The fourth-order valence-electron chi connectivity index (χ4n) is 2.93. The Bertz CT molecular complexity index is 523. The van der Waals surface area contributed by atoms with Crippen LogP contribution in [-0.4, -0.2) is 16.8 Å². The van der Waals surface area contributed by atoms with E-state index in [-0.39, 0.29) is 11.4 Å². The van der Waals surface area contributed by atoms with Crippen LogP contribution in [-0.2, 0) is 0 Å². The lowest BCUT2D eigenvalue weighted by molar-refractivity contribution is 0.301. The lowest BCUT2D eigenvalue weighted by Gasteiger charge is -2.36. The van der Waals surface area contributed by atoms with Crippen molar-refractivity contribution in [3.8, 4) is 6.07 Å². The fourth-order valence-corrected chi connectivity index (χ4v) is 4.28. The predicted molar refractivity (Wildman–Crippen MR) is 79.0 cm³/mol. The standard InChI is InChI=1S/C16H19FN2S/c17-14-5-1-2-6-15(14)20-13-4-3-9-16(10-13,11-18)19-12-7-8-12/h1-2,5-6,12-13,19H,3-4,7-10H2. The highest BCUT2D eigenvalue weighted by molar-refractivity contribution is 8.00. The van der Waals surface area contributed by atoms with Crippen LogP contribution < -0.4 is 5.32 Å². The Morgan fingerprint density at radius 3 is 2.80 bits per heavy atom. The summed E-state index contributed by atoms with van der Waals surface area (Å²) in [5.41, 5.74) is -0.387. The third-order valence-corrected chi connectivity index (χ3v) is 5.43. The summed E-state index contributed by atoms with van der Waals surface area (Å²) in [7, 11) is 0. The first-order valence-corrected chi connectivity index (χ1v) is 8.19. The second-order valence-electron chi connectivity index (χ2n) is 5.88. The van der Waals surface area contributed by atoms with Crippen LogP contribution in [0.4, 0.5) is 4.39 Å². The average Bonchev–Trinajstić information content (AvgIpc) is 3.26. The average molecular weight is 290 g/mol. The predicted octanol–water partition coefficient (Wildman–Crippen LogP) is 3.87. The van der Waals surface area contributed by atoms with Gasteiger partial charge in [-0.15, -0.1) is 11.8 Å². The van der Waals surface area contributed by atoms with Gasteiger partial charge in [0.1, 0.15) is 11.4 Å². The zero-order valence-corrected chi connectivity index (χ0v) is 12.3. The van der Waals surface area contributed by atoms with E-state index in [0.717, 1.165) is 25.7 Å². The minimum absolute atomic E-state index is 0.152. The smallest absolute Gasteiger partial charge is 0.136 e. The molecule has 0 radical (unpaired) electrons. The van der Waals surface area contributed by atoms with Gasteiger partial charge in [0.2, 0.25) is 0 Å². The molecular weight excluding hydrogens is 271 g/mol. The van der Waals surface area contributed by atoms with Gasteiger partial charge in [-0.25, -0.2) is 4.39 Å². The Labute approximate surface area is 123 Å². The monoisotopic (exact) mass is 290 g/mol. The van der Waals surface area contributed by atoms with E-state index < -0.39 is 0 Å². The number of rotatable bonds is 4. The van der Waals surface area contributed by atoms with Crippen LogP contribution in [0.15, 0.2) is 29.2 Å². The lowest BCUT2D eigenvalue weighted by atomic mass is 9.82. The Kier molecular flexibility index (Phi) is 4.00. The van der Waals surface area contributed by atoms with E-state index in [1.807, 2.05) is 12.1 Å². The molecule has 1 aromatic carbocycles. The van der Waals surface area contributed by atoms with E-state index in [1.54, 1.807) is 17.8 Å². The van der Waals surface area contributed by atoms with E-state index in [9.17, 15) is 9.65 Å². The van der Waals surface area contributed by atoms with E-state index >= 15 is 0 Å². The van der Waals surface area contributed by atoms with E-state index in [2.05, 4.69) is 11.4 Å². The van der Waals surface area contributed by atoms with Crippen LogP contribution in [0.2, 0.25) is 0 Å². The summed E-state index contributed by atoms with van der Waals surface area (Å²) < 4.78 is 13.7. The molecule has 20 heavy (non-hydrogen) atoms. The van der Waals surface area contributed by atoms with Crippen molar-refractivity contribution in [1.29, 1.82) is 5.26 Å². The maximum absolute atomic E-state index is 13.7. The van der Waals surface area contributed by atoms with Crippen molar-refractivity contribution in [1.82, 2.24) is 5.32 Å². The van der Waals surface area contributed by atoms with Crippen molar-refractivity contribution in [2.45, 2.75) is 60.3 Å². The number of thioether (sulfide) groups is 1. The zero-order chi connectivity index (χ0) is 14.0. The zero-order valence-electron chi connectivity index (χ0n) is 11.4. The molecule has 0 spiro atoms. The molecular formula is C16H19FN2S. The number of nitrogens with one attached hydrogen (secondary N) is 1. The number of nitriles is 1. The largest absolute Gasteiger partial charge is 0.297 e. The van der Waals surface area contributed by atoms with Gasteiger partial charge >= 0.3 is 0 Å². The molecule has 4 heteroatoms. The lowest BCUT2D eigenvalue weighted by Crippen LogP contribution is -2.49. The summed E-state index contributed by atoms with van der Waals surface area (Å²) in [6, 6.07) is 9.96. The van der Waals surface area contributed by atoms with Gasteiger partial charge in [-0.3, -0.25) is 5.32 Å². The van der Waals surface area contributed by atoms with Gasteiger partial charge < -0.3 is 0 Å². The summed E-state index contributed by atoms with van der Waals surface area (Å²) in [6.07, 6.45) is 6.23. The molecule has 0 saturated heterocycles. The third-order valence-electron chi connectivity index (χ3n) is 4.11. The van der Waals surface area contributed by atoms with Crippen LogP contribution in [0.5, 0.6) is 0 Å². The molecule has 2 unspecified atom stereocenters. The van der Waals surface area contributed by atoms with Crippen LogP contribution in [0, 0.1) is 17.1 Å². The number of benzene rings is 1. The Hall–Kier alpha value is -1.05. The van der Waals surface area contributed by atoms with Crippen molar-refractivity contribution < 1.29 is 4.39 Å². The molecule has 2 nitrogen and oxygen atoms in total. The molecule has 2 aliphatic carbocycles. The summed E-state index contributed by atoms with van der Waals surface area (Å²) in [5.74, 6) is -0.152. The molecule has 2 aliphatic rings. The summed E-state index contributed by atoms with van der Waals surface area (Å²) in [5, 5.41) is 13.4. The van der Waals surface area contributed by atoms with Crippen LogP contribution >= 0.6 is 11.8 Å². The molecule has 2 saturated carbocycles. The maximum atomic E-state index is 13.7. The molecule has 106 valence electrons. The number of hydrogen-bond donors (Lipinski definition) is 1. The second-order valence-corrected chi connectivity index (χ2v) is 7.22. The van der Waals surface area contributed by atoms with Crippen molar-refractivity contribution in [3.05, 3.63) is 30.1 Å². The first kappa shape index (κ1) is 13.9. The van der Waals surface area contributed by atoms with Crippen molar-refractivity contribution in [3.63, 3.8) is 0 Å². The van der Waals surface area contributed by atoms with Gasteiger partial charge in [0.15, 0.2) is 0 Å². The molecule has 2 fully saturated rings. The SMILES string of the molecule is N#CC1(NC2CC2)CCCC(Sc2ccccc2F)C1. The fraction of sp³-hybridized carbons (Fsp3) is 0.562. The highest BCUT2D eigenvalue weighted by Gasteiger charge is 2.40. The minimum Gasteiger partial charge on any atom is -0.297 e. The van der Waals surface area contributed by atoms with Gasteiger partial charge in [-0.1, -0.05) is 12.1 Å². The van der Waals surface area contributed by atoms with Crippen molar-refractivity contribution in [2.24, 2.45) is 0 Å². The molecule has 0 heterocycles. The highest BCUT2D eigenvalue weighted by Crippen LogP contribution is 2.40. The number of halogens is 1. The minimum atomic E-state index is -0.387. The van der Waals surface area contributed by atoms with Crippen LogP contribution in [0.25, 0.3) is 0 Å². The quantitative estimate of drug-likeness (QED) is 0.914. The molecule has 0 bridgehead atoms. The van der Waals surface area contributed by atoms with Crippen LogP contribution in [0.3, 0.4) is 0 Å². The molecule has 0 amide bonds. The van der Waals surface area contributed by atoms with E-state index in [1.165, 1.54) is 18.9 Å². The molecule has 3 rings (SSSR count). The van der Waals surface area contributed by atoms with Gasteiger partial charge in [0.25, 0.3) is 0 Å². The summed E-state index contributed by atoms with van der Waals surface area (Å²) in [4.78, 5) is 0.706. The number of hydrogen-bond acceptors (Lipinski definition) is 3. The molecule has 0 aliphatic heterocycles. The second kappa shape index (κ2) is 5.75. The first-order valence-electron chi connectivity index (χ1n) is 7.31. The van der Waals surface area contributed by atoms with Gasteiger partial charge in [0.05, 0.1) is 6.07 Å². The van der Waals surface area contributed by atoms with E-state index in [0.29, 0.717) is 16.2 Å². The van der Waals surface area contributed by atoms with Crippen LogP contribution in [0.1, 0.15) is 38.5 Å². The summed E-state index contributed by atoms with van der Waals surface area (Å²) >= 11 is 1.59. The Morgan fingerprint density at radius 1 is 1.30 bits per heavy atom. The van der Waals surface area contributed by atoms with Gasteiger partial charge in [-0.2, -0.15) is 5.26 Å². The van der Waals surface area contributed by atoms with Crippen molar-refractivity contribution in [2.75, 3.05) is 0 Å². The maximum Gasteiger partial charge on any atom is 0.136 e. The van der Waals surface area contributed by atoms with Crippen molar-refractivity contribution >= 4 is 11.8 Å². The van der Waals surface area contributed by atoms with Gasteiger partial charge in [-0.05, 0) is 50.7 Å². The molecule has 0 aromatic heterocycles. The summed E-state index contributed by atoms with van der Waals surface area (Å²) in [6.45, 7) is 0. The normalized spacial score (nSPS) is 29.9. The highest BCUT2D eigenvalue weighted by atomic mass is 32.2. The van der Waals surface area contributed by atoms with E-state index in [4.69, 9.17) is 0 Å². The Morgan fingerprint density at radius 2 is 2.10 bits per heavy atom. The topological polar surface area (TPSA) is 35.8 Å². The molecule has 2 atom stereocenters. The first-order chi connectivity index (χ1) is 9.71. The third kappa shape index (κ3) is 3.16.